The molecule has 9 heteroatoms. The molecule has 28 heavy (non-hydrogen) atoms. The minimum atomic E-state index is -3.74. The van der Waals surface area contributed by atoms with E-state index >= 15 is 0 Å². The van der Waals surface area contributed by atoms with Gasteiger partial charge in [-0.05, 0) is 44.2 Å². The second-order valence-corrected chi connectivity index (χ2v) is 8.51. The number of benzene rings is 2. The number of hydrogen-bond acceptors (Lipinski definition) is 5. The molecule has 0 aliphatic rings. The second kappa shape index (κ2) is 8.62. The maximum absolute atomic E-state index is 12.8. The first kappa shape index (κ1) is 21.7. The summed E-state index contributed by atoms with van der Waals surface area (Å²) in [6.45, 7) is 3.34. The number of carbonyl (C=O) groups excluding carboxylic acids is 2. The molecule has 0 heterocycles. The number of methoxy groups -OCH3 is 1. The van der Waals surface area contributed by atoms with Crippen molar-refractivity contribution in [3.8, 4) is 0 Å². The minimum Gasteiger partial charge on any atom is -0.465 e. The molecule has 2 rings (SSSR count). The second-order valence-electron chi connectivity index (χ2n) is 6.25. The third kappa shape index (κ3) is 5.02. The average Bonchev–Trinajstić information content (AvgIpc) is 2.63. The molecule has 0 bridgehead atoms. The number of rotatable bonds is 6. The Bertz CT molecular complexity index is 990. The molecule has 0 saturated carbocycles. The van der Waals surface area contributed by atoms with Crippen LogP contribution in [0.25, 0.3) is 0 Å². The van der Waals surface area contributed by atoms with E-state index in [1.165, 1.54) is 32.2 Å². The number of carbonyl (C=O) groups is 2. The predicted molar refractivity (Wildman–Crippen MR) is 109 cm³/mol. The van der Waals surface area contributed by atoms with E-state index in [4.69, 9.17) is 11.6 Å². The van der Waals surface area contributed by atoms with E-state index in [-0.39, 0.29) is 16.3 Å². The first-order valence-corrected chi connectivity index (χ1v) is 10.5. The number of nitrogens with one attached hydrogen (secondary N) is 1. The molecule has 0 aromatic heterocycles. The van der Waals surface area contributed by atoms with Crippen LogP contribution in [0, 0.1) is 6.92 Å². The number of aryl methyl sites for hydroxylation is 1. The lowest BCUT2D eigenvalue weighted by atomic mass is 10.2. The van der Waals surface area contributed by atoms with Gasteiger partial charge in [0.1, 0.15) is 6.04 Å². The lowest BCUT2D eigenvalue weighted by Crippen LogP contribution is -2.45. The summed E-state index contributed by atoms with van der Waals surface area (Å²) in [6.07, 6.45) is 1.03. The van der Waals surface area contributed by atoms with E-state index in [1.807, 2.05) is 6.92 Å². The van der Waals surface area contributed by atoms with Gasteiger partial charge in [-0.15, -0.1) is 0 Å². The molecule has 1 amide bonds. The van der Waals surface area contributed by atoms with Crippen molar-refractivity contribution in [3.63, 3.8) is 0 Å². The van der Waals surface area contributed by atoms with E-state index in [0.717, 1.165) is 16.1 Å². The largest absolute Gasteiger partial charge is 0.465 e. The monoisotopic (exact) mass is 424 g/mol. The quantitative estimate of drug-likeness (QED) is 0.718. The Morgan fingerprint density at radius 1 is 1.14 bits per heavy atom. The molecule has 7 nitrogen and oxygen atoms in total. The molecule has 0 aliphatic heterocycles. The maximum Gasteiger partial charge on any atom is 0.337 e. The topological polar surface area (TPSA) is 92.8 Å². The average molecular weight is 425 g/mol. The van der Waals surface area contributed by atoms with Crippen LogP contribution in [0.3, 0.4) is 0 Å². The summed E-state index contributed by atoms with van der Waals surface area (Å²) >= 11 is 6.10. The maximum atomic E-state index is 12.8. The number of esters is 1. The van der Waals surface area contributed by atoms with Gasteiger partial charge in [0.25, 0.3) is 0 Å². The van der Waals surface area contributed by atoms with Crippen molar-refractivity contribution in [2.75, 3.05) is 23.0 Å². The number of sulfonamides is 1. The highest BCUT2D eigenvalue weighted by Crippen LogP contribution is 2.26. The van der Waals surface area contributed by atoms with E-state index < -0.39 is 27.9 Å². The SMILES string of the molecule is COC(=O)c1ccc(Cl)c(NC(=O)[C@H](C)N(c2ccc(C)cc2)S(C)(=O)=O)c1. The van der Waals surface area contributed by atoms with Crippen LogP contribution in [-0.2, 0) is 19.6 Å². The molecular weight excluding hydrogens is 404 g/mol. The number of halogens is 1. The first-order chi connectivity index (χ1) is 13.0. The summed E-state index contributed by atoms with van der Waals surface area (Å²) in [5.41, 5.74) is 1.71. The summed E-state index contributed by atoms with van der Waals surface area (Å²) in [4.78, 5) is 24.4. The van der Waals surface area contributed by atoms with Gasteiger partial charge in [-0.1, -0.05) is 29.3 Å². The Kier molecular flexibility index (Phi) is 6.69. The van der Waals surface area contributed by atoms with Crippen molar-refractivity contribution in [1.82, 2.24) is 0 Å². The van der Waals surface area contributed by atoms with Crippen molar-refractivity contribution in [1.29, 1.82) is 0 Å². The normalized spacial score (nSPS) is 12.2. The van der Waals surface area contributed by atoms with Gasteiger partial charge in [-0.25, -0.2) is 13.2 Å². The lowest BCUT2D eigenvalue weighted by Gasteiger charge is -2.28. The molecule has 0 saturated heterocycles. The number of amides is 1. The van der Waals surface area contributed by atoms with Gasteiger partial charge in [0.05, 0.1) is 35.3 Å². The first-order valence-electron chi connectivity index (χ1n) is 8.29. The van der Waals surface area contributed by atoms with Crippen molar-refractivity contribution in [3.05, 3.63) is 58.6 Å². The van der Waals surface area contributed by atoms with Crippen molar-refractivity contribution < 1.29 is 22.7 Å². The molecule has 0 radical (unpaired) electrons. The van der Waals surface area contributed by atoms with Gasteiger partial charge in [0.2, 0.25) is 15.9 Å². The van der Waals surface area contributed by atoms with Gasteiger partial charge in [0.15, 0.2) is 0 Å². The van der Waals surface area contributed by atoms with E-state index in [2.05, 4.69) is 10.1 Å². The smallest absolute Gasteiger partial charge is 0.337 e. The zero-order valence-corrected chi connectivity index (χ0v) is 17.5. The number of hydrogen-bond donors (Lipinski definition) is 1. The molecule has 150 valence electrons. The van der Waals surface area contributed by atoms with E-state index in [9.17, 15) is 18.0 Å². The summed E-state index contributed by atoms with van der Waals surface area (Å²) < 4.78 is 30.3. The lowest BCUT2D eigenvalue weighted by molar-refractivity contribution is -0.116. The number of ether oxygens (including phenoxy) is 1. The molecule has 1 N–H and O–H groups in total. The van der Waals surface area contributed by atoms with Crippen molar-refractivity contribution in [2.45, 2.75) is 19.9 Å². The molecule has 1 atom stereocenters. The predicted octanol–water partition coefficient (Wildman–Crippen LogP) is 3.23. The zero-order chi connectivity index (χ0) is 21.1. The standard InChI is InChI=1S/C19H21ClN2O5S/c1-12-5-8-15(9-6-12)22(28(4,25)26)13(2)18(23)21-17-11-14(19(24)27-3)7-10-16(17)20/h5-11,13H,1-4H3,(H,21,23)/t13-/m0/s1. The van der Waals surface area contributed by atoms with Crippen LogP contribution in [0.2, 0.25) is 5.02 Å². The zero-order valence-electron chi connectivity index (χ0n) is 15.9. The van der Waals surface area contributed by atoms with Crippen LogP contribution >= 0.6 is 11.6 Å². The van der Waals surface area contributed by atoms with Gasteiger partial charge in [-0.3, -0.25) is 9.10 Å². The highest BCUT2D eigenvalue weighted by atomic mass is 35.5. The molecular formula is C19H21ClN2O5S. The highest BCUT2D eigenvalue weighted by molar-refractivity contribution is 7.92. The van der Waals surface area contributed by atoms with Crippen LogP contribution in [0.5, 0.6) is 0 Å². The van der Waals surface area contributed by atoms with E-state index in [1.54, 1.807) is 24.3 Å². The Labute approximate surface area is 169 Å². The van der Waals surface area contributed by atoms with Crippen LogP contribution in [-0.4, -0.2) is 39.7 Å². The van der Waals surface area contributed by atoms with Crippen molar-refractivity contribution in [2.24, 2.45) is 0 Å². The highest BCUT2D eigenvalue weighted by Gasteiger charge is 2.29. The van der Waals surface area contributed by atoms with Crippen LogP contribution in [0.15, 0.2) is 42.5 Å². The van der Waals surface area contributed by atoms with E-state index in [0.29, 0.717) is 5.69 Å². The minimum absolute atomic E-state index is 0.179. The third-order valence-corrected chi connectivity index (χ3v) is 5.59. The summed E-state index contributed by atoms with van der Waals surface area (Å²) in [7, 11) is -2.50. The fraction of sp³-hybridized carbons (Fsp3) is 0.263. The van der Waals surface area contributed by atoms with Crippen molar-refractivity contribution >= 4 is 44.9 Å². The third-order valence-electron chi connectivity index (χ3n) is 4.02. The molecule has 0 aliphatic carbocycles. The summed E-state index contributed by atoms with van der Waals surface area (Å²) in [5, 5.41) is 2.78. The summed E-state index contributed by atoms with van der Waals surface area (Å²) in [5.74, 6) is -1.19. The Hall–Kier alpha value is -2.58. The summed E-state index contributed by atoms with van der Waals surface area (Å²) in [6, 6.07) is 10.00. The number of nitrogens with zero attached hydrogens (tertiary/aromatic N) is 1. The van der Waals surface area contributed by atoms with Gasteiger partial charge < -0.3 is 10.1 Å². The van der Waals surface area contributed by atoms with Crippen LogP contribution < -0.4 is 9.62 Å². The Morgan fingerprint density at radius 2 is 1.75 bits per heavy atom. The van der Waals surface area contributed by atoms with Crippen LogP contribution in [0.4, 0.5) is 11.4 Å². The van der Waals surface area contributed by atoms with Crippen LogP contribution in [0.1, 0.15) is 22.8 Å². The Balaban J connectivity index is 2.34. The Morgan fingerprint density at radius 3 is 2.29 bits per heavy atom. The fourth-order valence-electron chi connectivity index (χ4n) is 2.60. The molecule has 0 unspecified atom stereocenters. The van der Waals surface area contributed by atoms with Gasteiger partial charge in [-0.2, -0.15) is 0 Å². The molecule has 2 aromatic carbocycles. The van der Waals surface area contributed by atoms with Gasteiger partial charge in [0, 0.05) is 0 Å². The number of anilines is 2. The molecule has 0 spiro atoms. The molecule has 0 fully saturated rings. The molecule has 2 aromatic rings. The van der Waals surface area contributed by atoms with Gasteiger partial charge >= 0.3 is 5.97 Å². The fourth-order valence-corrected chi connectivity index (χ4v) is 3.94.